The molecule has 0 spiro atoms. The third-order valence-electron chi connectivity index (χ3n) is 3.98. The van der Waals surface area contributed by atoms with E-state index in [0.717, 1.165) is 21.9 Å². The first-order valence-corrected chi connectivity index (χ1v) is 7.98. The van der Waals surface area contributed by atoms with Gasteiger partial charge in [-0.25, -0.2) is 4.79 Å². The van der Waals surface area contributed by atoms with Gasteiger partial charge in [-0.1, -0.05) is 66.2 Å². The van der Waals surface area contributed by atoms with Crippen LogP contribution in [0.3, 0.4) is 0 Å². The predicted molar refractivity (Wildman–Crippen MR) is 97.4 cm³/mol. The van der Waals surface area contributed by atoms with Crippen LogP contribution in [0.15, 0.2) is 78.4 Å². The van der Waals surface area contributed by atoms with Crippen LogP contribution < -0.4 is 0 Å². The standard InChI is InChI=1S/C21H13ClO2/c22-19-8-4-3-7-16(19)12-18-13-20(24-21(18)23)17-10-9-14-5-1-2-6-15(14)11-17/h1-13H/b18-12-. The first kappa shape index (κ1) is 14.7. The van der Waals surface area contributed by atoms with Gasteiger partial charge in [-0.3, -0.25) is 0 Å². The molecule has 0 atom stereocenters. The van der Waals surface area contributed by atoms with Gasteiger partial charge in [0.25, 0.3) is 0 Å². The maximum Gasteiger partial charge on any atom is 0.343 e. The molecule has 116 valence electrons. The van der Waals surface area contributed by atoms with Crippen molar-refractivity contribution in [3.63, 3.8) is 0 Å². The van der Waals surface area contributed by atoms with Crippen molar-refractivity contribution in [1.82, 2.24) is 0 Å². The van der Waals surface area contributed by atoms with E-state index in [1.54, 1.807) is 18.2 Å². The van der Waals surface area contributed by atoms with Crippen LogP contribution in [0.1, 0.15) is 11.1 Å². The topological polar surface area (TPSA) is 26.3 Å². The first-order valence-electron chi connectivity index (χ1n) is 7.60. The van der Waals surface area contributed by atoms with Crippen molar-refractivity contribution < 1.29 is 9.53 Å². The lowest BCUT2D eigenvalue weighted by molar-refractivity contribution is -0.130. The fourth-order valence-corrected chi connectivity index (χ4v) is 2.92. The van der Waals surface area contributed by atoms with Gasteiger partial charge in [0, 0.05) is 10.6 Å². The number of hydrogen-bond donors (Lipinski definition) is 0. The summed E-state index contributed by atoms with van der Waals surface area (Å²) in [5, 5.41) is 2.86. The molecule has 0 amide bonds. The van der Waals surface area contributed by atoms with Gasteiger partial charge in [-0.2, -0.15) is 0 Å². The lowest BCUT2D eigenvalue weighted by atomic mass is 10.1. The number of carbonyl (C=O) groups excluding carboxylic acids is 1. The summed E-state index contributed by atoms with van der Waals surface area (Å²) < 4.78 is 5.43. The Morgan fingerprint density at radius 1 is 0.875 bits per heavy atom. The molecule has 0 radical (unpaired) electrons. The van der Waals surface area contributed by atoms with E-state index in [0.29, 0.717) is 16.4 Å². The van der Waals surface area contributed by atoms with Crippen LogP contribution in [0.4, 0.5) is 0 Å². The predicted octanol–water partition coefficient (Wildman–Crippen LogP) is 5.47. The molecule has 3 aromatic carbocycles. The maximum atomic E-state index is 12.2. The van der Waals surface area contributed by atoms with Crippen LogP contribution in [0.25, 0.3) is 22.6 Å². The fraction of sp³-hybridized carbons (Fsp3) is 0. The molecule has 1 aliphatic heterocycles. The van der Waals surface area contributed by atoms with Gasteiger partial charge in [-0.15, -0.1) is 0 Å². The fourth-order valence-electron chi connectivity index (χ4n) is 2.73. The third-order valence-corrected chi connectivity index (χ3v) is 4.32. The van der Waals surface area contributed by atoms with E-state index in [9.17, 15) is 4.79 Å². The van der Waals surface area contributed by atoms with Crippen molar-refractivity contribution in [2.45, 2.75) is 0 Å². The normalized spacial score (nSPS) is 15.6. The zero-order valence-electron chi connectivity index (χ0n) is 12.7. The van der Waals surface area contributed by atoms with Gasteiger partial charge in [0.1, 0.15) is 5.76 Å². The van der Waals surface area contributed by atoms with E-state index in [1.165, 1.54) is 0 Å². The van der Waals surface area contributed by atoms with Crippen LogP contribution in [0.5, 0.6) is 0 Å². The molecule has 4 rings (SSSR count). The molecule has 0 saturated carbocycles. The molecule has 3 heteroatoms. The molecule has 0 aromatic heterocycles. The highest BCUT2D eigenvalue weighted by molar-refractivity contribution is 6.32. The summed E-state index contributed by atoms with van der Waals surface area (Å²) in [6.45, 7) is 0. The summed E-state index contributed by atoms with van der Waals surface area (Å²) in [4.78, 5) is 12.2. The lowest BCUT2D eigenvalue weighted by Gasteiger charge is -2.04. The Morgan fingerprint density at radius 2 is 1.62 bits per heavy atom. The Kier molecular flexibility index (Phi) is 3.68. The van der Waals surface area contributed by atoms with Gasteiger partial charge in [0.15, 0.2) is 0 Å². The van der Waals surface area contributed by atoms with Crippen LogP contribution >= 0.6 is 11.6 Å². The van der Waals surface area contributed by atoms with Gasteiger partial charge in [-0.05, 0) is 40.6 Å². The highest BCUT2D eigenvalue weighted by atomic mass is 35.5. The van der Waals surface area contributed by atoms with Crippen molar-refractivity contribution in [3.8, 4) is 0 Å². The molecule has 0 bridgehead atoms. The minimum Gasteiger partial charge on any atom is -0.422 e. The highest BCUT2D eigenvalue weighted by Crippen LogP contribution is 2.30. The Hall–Kier alpha value is -2.84. The number of hydrogen-bond acceptors (Lipinski definition) is 2. The number of ether oxygens (including phenoxy) is 1. The van der Waals surface area contributed by atoms with Gasteiger partial charge >= 0.3 is 5.97 Å². The second kappa shape index (κ2) is 5.99. The van der Waals surface area contributed by atoms with Gasteiger partial charge < -0.3 is 4.74 Å². The molecule has 0 aliphatic carbocycles. The quantitative estimate of drug-likeness (QED) is 0.459. The average molecular weight is 333 g/mol. The number of esters is 1. The SMILES string of the molecule is O=C1OC(c2ccc3ccccc3c2)=C/C1=C/c1ccccc1Cl. The number of carbonyl (C=O) groups is 1. The Bertz CT molecular complexity index is 1020. The third kappa shape index (κ3) is 2.72. The Morgan fingerprint density at radius 3 is 2.46 bits per heavy atom. The number of cyclic esters (lactones) is 1. The van der Waals surface area contributed by atoms with Gasteiger partial charge in [0.2, 0.25) is 0 Å². The van der Waals surface area contributed by atoms with E-state index in [2.05, 4.69) is 6.07 Å². The van der Waals surface area contributed by atoms with Crippen LogP contribution in [0, 0.1) is 0 Å². The summed E-state index contributed by atoms with van der Waals surface area (Å²) in [7, 11) is 0. The molecule has 0 saturated heterocycles. The van der Waals surface area contributed by atoms with E-state index in [4.69, 9.17) is 16.3 Å². The van der Waals surface area contributed by atoms with Gasteiger partial charge in [0.05, 0.1) is 5.57 Å². The largest absolute Gasteiger partial charge is 0.422 e. The summed E-state index contributed by atoms with van der Waals surface area (Å²) >= 11 is 6.15. The second-order valence-electron chi connectivity index (χ2n) is 5.58. The van der Waals surface area contributed by atoms with Crippen molar-refractivity contribution in [2.24, 2.45) is 0 Å². The number of rotatable bonds is 2. The van der Waals surface area contributed by atoms with Crippen molar-refractivity contribution in [3.05, 3.63) is 94.5 Å². The summed E-state index contributed by atoms with van der Waals surface area (Å²) in [5.41, 5.74) is 2.16. The van der Waals surface area contributed by atoms with E-state index in [1.807, 2.05) is 54.6 Å². The molecule has 0 unspecified atom stereocenters. The zero-order chi connectivity index (χ0) is 16.5. The second-order valence-corrected chi connectivity index (χ2v) is 5.99. The monoisotopic (exact) mass is 332 g/mol. The number of halogens is 1. The average Bonchev–Trinajstić information content (AvgIpc) is 2.97. The van der Waals surface area contributed by atoms with Crippen LogP contribution in [-0.4, -0.2) is 5.97 Å². The molecule has 24 heavy (non-hydrogen) atoms. The van der Waals surface area contributed by atoms with Crippen LogP contribution in [0.2, 0.25) is 5.02 Å². The summed E-state index contributed by atoms with van der Waals surface area (Å²) in [6.07, 6.45) is 3.51. The molecular weight excluding hydrogens is 320 g/mol. The minimum absolute atomic E-state index is 0.363. The first-order chi connectivity index (χ1) is 11.7. The van der Waals surface area contributed by atoms with E-state index >= 15 is 0 Å². The molecule has 1 heterocycles. The Labute approximate surface area is 144 Å². The molecule has 0 fully saturated rings. The Balaban J connectivity index is 1.74. The molecule has 3 aromatic rings. The molecule has 0 N–H and O–H groups in total. The number of benzene rings is 3. The van der Waals surface area contributed by atoms with Crippen molar-refractivity contribution in [1.29, 1.82) is 0 Å². The maximum absolute atomic E-state index is 12.2. The zero-order valence-corrected chi connectivity index (χ0v) is 13.5. The lowest BCUT2D eigenvalue weighted by Crippen LogP contribution is -1.97. The summed E-state index contributed by atoms with van der Waals surface area (Å²) in [5.74, 6) is 0.196. The molecule has 2 nitrogen and oxygen atoms in total. The smallest absolute Gasteiger partial charge is 0.343 e. The molecule has 1 aliphatic rings. The van der Waals surface area contributed by atoms with E-state index in [-0.39, 0.29) is 5.97 Å². The highest BCUT2D eigenvalue weighted by Gasteiger charge is 2.22. The summed E-state index contributed by atoms with van der Waals surface area (Å²) in [6, 6.07) is 21.5. The molecular formula is C21H13ClO2. The minimum atomic E-state index is -0.363. The van der Waals surface area contributed by atoms with Crippen molar-refractivity contribution in [2.75, 3.05) is 0 Å². The number of fused-ring (bicyclic) bond motifs is 1. The van der Waals surface area contributed by atoms with E-state index < -0.39 is 0 Å². The van der Waals surface area contributed by atoms with Crippen molar-refractivity contribution >= 4 is 40.2 Å². The van der Waals surface area contributed by atoms with Crippen LogP contribution in [-0.2, 0) is 9.53 Å².